The first kappa shape index (κ1) is 12.5. The van der Waals surface area contributed by atoms with Crippen LogP contribution < -0.4 is 0 Å². The second-order valence-electron chi connectivity index (χ2n) is 3.34. The van der Waals surface area contributed by atoms with Crippen molar-refractivity contribution in [3.05, 3.63) is 46.5 Å². The van der Waals surface area contributed by atoms with Crippen molar-refractivity contribution in [3.63, 3.8) is 0 Å². The fourth-order valence-electron chi connectivity index (χ4n) is 1.32. The van der Waals surface area contributed by atoms with Crippen molar-refractivity contribution in [2.45, 2.75) is 6.18 Å². The molecule has 2 aromatic rings. The van der Waals surface area contributed by atoms with Crippen molar-refractivity contribution < 1.29 is 13.2 Å². The van der Waals surface area contributed by atoms with Crippen LogP contribution in [0.4, 0.5) is 13.2 Å². The molecule has 18 heavy (non-hydrogen) atoms. The van der Waals surface area contributed by atoms with Crippen LogP contribution in [0.25, 0.3) is 0 Å². The molecule has 0 aliphatic heterocycles. The van der Waals surface area contributed by atoms with Crippen LogP contribution in [-0.2, 0) is 6.18 Å². The van der Waals surface area contributed by atoms with Gasteiger partial charge in [-0.25, -0.2) is 0 Å². The highest BCUT2D eigenvalue weighted by Crippen LogP contribution is 2.31. The largest absolute Gasteiger partial charge is 0.417 e. The van der Waals surface area contributed by atoms with E-state index in [0.717, 1.165) is 12.3 Å². The lowest BCUT2D eigenvalue weighted by Gasteiger charge is -2.08. The quantitative estimate of drug-likeness (QED) is 0.675. The Labute approximate surface area is 105 Å². The van der Waals surface area contributed by atoms with Crippen molar-refractivity contribution in [1.82, 2.24) is 14.9 Å². The van der Waals surface area contributed by atoms with Crippen LogP contribution in [0.2, 0.25) is 0 Å². The summed E-state index contributed by atoms with van der Waals surface area (Å²) in [6, 6.07) is 5.15. The number of nitrogens with zero attached hydrogens (tertiary/aromatic N) is 3. The fourth-order valence-corrected chi connectivity index (χ4v) is 1.46. The molecule has 8 heteroatoms. The summed E-state index contributed by atoms with van der Waals surface area (Å²) < 4.78 is 39.4. The third kappa shape index (κ3) is 2.65. The predicted molar refractivity (Wildman–Crippen MR) is 61.8 cm³/mol. The van der Waals surface area contributed by atoms with Crippen molar-refractivity contribution in [1.29, 1.82) is 0 Å². The van der Waals surface area contributed by atoms with Crippen LogP contribution in [-0.4, -0.2) is 21.1 Å². The summed E-state index contributed by atoms with van der Waals surface area (Å²) >= 11 is 4.82. The Bertz CT molecular complexity index is 626. The highest BCUT2D eigenvalue weighted by atomic mass is 32.1. The lowest BCUT2D eigenvalue weighted by molar-refractivity contribution is -0.137. The first-order valence-electron chi connectivity index (χ1n) is 4.81. The van der Waals surface area contributed by atoms with Gasteiger partial charge < -0.3 is 0 Å². The van der Waals surface area contributed by atoms with E-state index < -0.39 is 11.7 Å². The maximum absolute atomic E-state index is 12.7. The van der Waals surface area contributed by atoms with Crippen LogP contribution in [0.1, 0.15) is 11.1 Å². The molecule has 0 saturated heterocycles. The molecule has 0 saturated carbocycles. The number of rotatable bonds is 2. The second-order valence-corrected chi connectivity index (χ2v) is 3.72. The molecule has 94 valence electrons. The van der Waals surface area contributed by atoms with Gasteiger partial charge in [0, 0.05) is 5.56 Å². The highest BCUT2D eigenvalue weighted by molar-refractivity contribution is 7.71. The average Bonchev–Trinajstić information content (AvgIpc) is 2.71. The molecule has 0 amide bonds. The molecular weight excluding hydrogens is 265 g/mol. The number of hydrogen-bond acceptors (Lipinski definition) is 3. The molecule has 1 N–H and O–H groups in total. The number of nitrogens with one attached hydrogen (secondary N) is 1. The Kier molecular flexibility index (Phi) is 3.28. The molecule has 0 radical (unpaired) electrons. The van der Waals surface area contributed by atoms with E-state index in [9.17, 15) is 13.2 Å². The van der Waals surface area contributed by atoms with Crippen LogP contribution in [0.5, 0.6) is 0 Å². The van der Waals surface area contributed by atoms with Crippen LogP contribution in [0.3, 0.4) is 0 Å². The number of H-pyrrole nitrogens is 1. The molecule has 1 aromatic heterocycles. The van der Waals surface area contributed by atoms with Crippen LogP contribution in [0.15, 0.2) is 35.7 Å². The summed E-state index contributed by atoms with van der Waals surface area (Å²) in [5.74, 6) is 0. The van der Waals surface area contributed by atoms with Gasteiger partial charge in [0.2, 0.25) is 4.77 Å². The zero-order valence-corrected chi connectivity index (χ0v) is 9.66. The molecule has 2 rings (SSSR count). The van der Waals surface area contributed by atoms with Crippen LogP contribution >= 0.6 is 12.2 Å². The van der Waals surface area contributed by atoms with E-state index in [1.807, 2.05) is 0 Å². The standard InChI is InChI=1S/C10H7F3N4S/c11-10(12,13)8-4-2-1-3-7(8)5-15-17-6-14-16-9(17)18/h1-6H,(H,16,18)/b15-5+. The Morgan fingerprint density at radius 1 is 1.33 bits per heavy atom. The molecule has 0 aliphatic carbocycles. The minimum absolute atomic E-state index is 0.0342. The topological polar surface area (TPSA) is 46.0 Å². The first-order chi connectivity index (χ1) is 8.48. The molecule has 4 nitrogen and oxygen atoms in total. The monoisotopic (exact) mass is 272 g/mol. The van der Waals surface area contributed by atoms with Gasteiger partial charge in [0.05, 0.1) is 11.8 Å². The Hall–Kier alpha value is -1.96. The van der Waals surface area contributed by atoms with Crippen molar-refractivity contribution in [2.24, 2.45) is 5.10 Å². The maximum Gasteiger partial charge on any atom is 0.417 e. The summed E-state index contributed by atoms with van der Waals surface area (Å²) in [6.45, 7) is 0. The van der Waals surface area contributed by atoms with E-state index in [-0.39, 0.29) is 10.3 Å². The highest BCUT2D eigenvalue weighted by Gasteiger charge is 2.32. The molecule has 0 fully saturated rings. The van der Waals surface area contributed by atoms with E-state index in [2.05, 4.69) is 15.3 Å². The number of aromatic nitrogens is 3. The zero-order chi connectivity index (χ0) is 13.2. The van der Waals surface area contributed by atoms with Crippen molar-refractivity contribution in [2.75, 3.05) is 0 Å². The molecule has 0 spiro atoms. The Morgan fingerprint density at radius 2 is 2.06 bits per heavy atom. The summed E-state index contributed by atoms with van der Waals surface area (Å²) in [6.07, 6.45) is -2.05. The molecule has 0 bridgehead atoms. The predicted octanol–water partition coefficient (Wildman–Crippen LogP) is 2.84. The van der Waals surface area contributed by atoms with E-state index >= 15 is 0 Å². The van der Waals surface area contributed by atoms with Gasteiger partial charge in [0.1, 0.15) is 6.33 Å². The number of aromatic amines is 1. The van der Waals surface area contributed by atoms with E-state index in [4.69, 9.17) is 12.2 Å². The Morgan fingerprint density at radius 3 is 2.67 bits per heavy atom. The molecule has 1 aromatic carbocycles. The zero-order valence-electron chi connectivity index (χ0n) is 8.85. The Balaban J connectivity index is 2.39. The third-order valence-electron chi connectivity index (χ3n) is 2.12. The smallest absolute Gasteiger partial charge is 0.250 e. The van der Waals surface area contributed by atoms with Gasteiger partial charge in [-0.2, -0.15) is 28.0 Å². The first-order valence-corrected chi connectivity index (χ1v) is 5.22. The molecule has 0 unspecified atom stereocenters. The molecule has 0 aliphatic rings. The SMILES string of the molecule is FC(F)(F)c1ccccc1/C=N/n1cn[nH]c1=S. The number of benzene rings is 1. The van der Waals surface area contributed by atoms with E-state index in [1.54, 1.807) is 0 Å². The van der Waals surface area contributed by atoms with Crippen molar-refractivity contribution >= 4 is 18.4 Å². The van der Waals surface area contributed by atoms with Gasteiger partial charge in [0.25, 0.3) is 0 Å². The lowest BCUT2D eigenvalue weighted by Crippen LogP contribution is -2.08. The van der Waals surface area contributed by atoms with Gasteiger partial charge in [-0.05, 0) is 18.3 Å². The van der Waals surface area contributed by atoms with Gasteiger partial charge in [-0.3, -0.25) is 5.10 Å². The molecular formula is C10H7F3N4S. The maximum atomic E-state index is 12.7. The lowest BCUT2D eigenvalue weighted by atomic mass is 10.1. The number of hydrogen-bond donors (Lipinski definition) is 1. The van der Waals surface area contributed by atoms with Crippen molar-refractivity contribution in [3.8, 4) is 0 Å². The summed E-state index contributed by atoms with van der Waals surface area (Å²) in [7, 11) is 0. The summed E-state index contributed by atoms with van der Waals surface area (Å²) in [5.41, 5.74) is -0.781. The van der Waals surface area contributed by atoms with Gasteiger partial charge in [-0.1, -0.05) is 18.2 Å². The fraction of sp³-hybridized carbons (Fsp3) is 0.100. The van der Waals surface area contributed by atoms with Gasteiger partial charge >= 0.3 is 6.18 Å². The normalized spacial score (nSPS) is 12.2. The van der Waals surface area contributed by atoms with Gasteiger partial charge in [0.15, 0.2) is 0 Å². The number of halogens is 3. The molecule has 1 heterocycles. The minimum atomic E-state index is -4.42. The van der Waals surface area contributed by atoms with E-state index in [0.29, 0.717) is 0 Å². The van der Waals surface area contributed by atoms with Crippen LogP contribution in [0, 0.1) is 4.77 Å². The minimum Gasteiger partial charge on any atom is -0.250 e. The number of alkyl halides is 3. The average molecular weight is 272 g/mol. The summed E-state index contributed by atoms with van der Waals surface area (Å²) in [4.78, 5) is 0. The van der Waals surface area contributed by atoms with Gasteiger partial charge in [-0.15, -0.1) is 0 Å². The molecule has 0 atom stereocenters. The second kappa shape index (κ2) is 4.73. The third-order valence-corrected chi connectivity index (χ3v) is 2.40. The summed E-state index contributed by atoms with van der Waals surface area (Å²) in [5, 5.41) is 9.85. The van der Waals surface area contributed by atoms with E-state index in [1.165, 1.54) is 29.2 Å².